The van der Waals surface area contributed by atoms with Crippen molar-refractivity contribution in [3.63, 3.8) is 0 Å². The topological polar surface area (TPSA) is 26.3 Å². The first-order valence-electron chi connectivity index (χ1n) is 5.61. The second-order valence-electron chi connectivity index (χ2n) is 3.92. The van der Waals surface area contributed by atoms with Crippen LogP contribution in [0, 0.1) is 0 Å². The Hall–Kier alpha value is -1.61. The number of carbonyl (C=O) groups excluding carboxylic acids is 1. The van der Waals surface area contributed by atoms with Crippen molar-refractivity contribution in [1.82, 2.24) is 0 Å². The zero-order valence-electron chi connectivity index (χ0n) is 10.0. The molecule has 0 aliphatic rings. The summed E-state index contributed by atoms with van der Waals surface area (Å²) in [5, 5.41) is 0. The summed E-state index contributed by atoms with van der Waals surface area (Å²) in [6.45, 7) is 0. The number of hydrogen-bond acceptors (Lipinski definition) is 2. The number of Topliss-reactive ketones (excluding diaryl/α,β-unsaturated/α-hetero) is 1. The van der Waals surface area contributed by atoms with Crippen molar-refractivity contribution in [3.8, 4) is 5.75 Å². The molecule has 0 spiro atoms. The monoisotopic (exact) mass is 304 g/mol. The van der Waals surface area contributed by atoms with E-state index < -0.39 is 0 Å². The quantitative estimate of drug-likeness (QED) is 0.801. The lowest BCUT2D eigenvalue weighted by molar-refractivity contribution is 0.0993. The molecular formula is C15H13BrO2. The molecule has 2 rings (SSSR count). The molecule has 0 aliphatic carbocycles. The van der Waals surface area contributed by atoms with Crippen molar-refractivity contribution in [2.24, 2.45) is 0 Å². The van der Waals surface area contributed by atoms with E-state index in [9.17, 15) is 4.79 Å². The molecule has 0 atom stereocenters. The van der Waals surface area contributed by atoms with Gasteiger partial charge >= 0.3 is 0 Å². The number of ketones is 1. The molecule has 0 N–H and O–H groups in total. The molecule has 0 aromatic heterocycles. The summed E-state index contributed by atoms with van der Waals surface area (Å²) < 4.78 is 6.03. The molecule has 2 aromatic rings. The fraction of sp³-hybridized carbons (Fsp3) is 0.133. The maximum absolute atomic E-state index is 12.1. The van der Waals surface area contributed by atoms with Gasteiger partial charge in [-0.05, 0) is 35.9 Å². The first-order chi connectivity index (χ1) is 8.70. The van der Waals surface area contributed by atoms with E-state index in [1.54, 1.807) is 31.4 Å². The van der Waals surface area contributed by atoms with Crippen molar-refractivity contribution < 1.29 is 9.53 Å². The van der Waals surface area contributed by atoms with Gasteiger partial charge in [-0.3, -0.25) is 4.79 Å². The summed E-state index contributed by atoms with van der Waals surface area (Å²) in [7, 11) is 1.61. The lowest BCUT2D eigenvalue weighted by atomic mass is 10.0. The average Bonchev–Trinajstić information content (AvgIpc) is 2.41. The Kier molecular flexibility index (Phi) is 4.15. The number of halogens is 1. The van der Waals surface area contributed by atoms with Crippen molar-refractivity contribution >= 4 is 21.7 Å². The molecule has 0 fully saturated rings. The third-order valence-corrected chi connectivity index (χ3v) is 3.49. The van der Waals surface area contributed by atoms with Crippen LogP contribution in [-0.2, 0) is 6.42 Å². The van der Waals surface area contributed by atoms with E-state index in [-0.39, 0.29) is 5.78 Å². The Morgan fingerprint density at radius 3 is 2.39 bits per heavy atom. The van der Waals surface area contributed by atoms with Crippen LogP contribution in [0.5, 0.6) is 5.75 Å². The van der Waals surface area contributed by atoms with E-state index in [1.165, 1.54) is 0 Å². The van der Waals surface area contributed by atoms with E-state index in [0.717, 1.165) is 15.8 Å². The average molecular weight is 305 g/mol. The smallest absolute Gasteiger partial charge is 0.167 e. The summed E-state index contributed by atoms with van der Waals surface area (Å²) >= 11 is 3.45. The van der Waals surface area contributed by atoms with Gasteiger partial charge in [0.25, 0.3) is 0 Å². The van der Waals surface area contributed by atoms with Crippen LogP contribution in [0.4, 0.5) is 0 Å². The molecule has 0 unspecified atom stereocenters. The summed E-state index contributed by atoms with van der Waals surface area (Å²) in [6, 6.07) is 14.9. The Morgan fingerprint density at radius 2 is 1.78 bits per heavy atom. The SMILES string of the molecule is COc1ccc(C(=O)Cc2ccccc2Br)cc1. The molecule has 92 valence electrons. The van der Waals surface area contributed by atoms with Gasteiger partial charge in [0.1, 0.15) is 5.75 Å². The van der Waals surface area contributed by atoms with Gasteiger partial charge in [0, 0.05) is 16.5 Å². The molecule has 2 aromatic carbocycles. The first-order valence-corrected chi connectivity index (χ1v) is 6.40. The molecule has 18 heavy (non-hydrogen) atoms. The van der Waals surface area contributed by atoms with Crippen molar-refractivity contribution in [2.45, 2.75) is 6.42 Å². The Morgan fingerprint density at radius 1 is 1.11 bits per heavy atom. The summed E-state index contributed by atoms with van der Waals surface area (Å²) in [5.74, 6) is 0.858. The molecule has 3 heteroatoms. The Labute approximate surface area is 115 Å². The van der Waals surface area contributed by atoms with E-state index >= 15 is 0 Å². The van der Waals surface area contributed by atoms with Crippen molar-refractivity contribution in [2.75, 3.05) is 7.11 Å². The predicted molar refractivity (Wildman–Crippen MR) is 75.2 cm³/mol. The fourth-order valence-electron chi connectivity index (χ4n) is 1.69. The largest absolute Gasteiger partial charge is 0.497 e. The molecule has 0 bridgehead atoms. The van der Waals surface area contributed by atoms with Gasteiger partial charge in [0.05, 0.1) is 7.11 Å². The van der Waals surface area contributed by atoms with Gasteiger partial charge in [-0.1, -0.05) is 34.1 Å². The predicted octanol–water partition coefficient (Wildman–Crippen LogP) is 3.88. The second-order valence-corrected chi connectivity index (χ2v) is 4.77. The number of benzene rings is 2. The molecule has 0 heterocycles. The van der Waals surface area contributed by atoms with Crippen LogP contribution in [0.3, 0.4) is 0 Å². The Balaban J connectivity index is 2.14. The normalized spacial score (nSPS) is 10.1. The number of hydrogen-bond donors (Lipinski definition) is 0. The highest BCUT2D eigenvalue weighted by Gasteiger charge is 2.09. The highest BCUT2D eigenvalue weighted by molar-refractivity contribution is 9.10. The Bertz CT molecular complexity index is 547. The van der Waals surface area contributed by atoms with E-state index in [1.807, 2.05) is 24.3 Å². The highest BCUT2D eigenvalue weighted by Crippen LogP contribution is 2.19. The van der Waals surface area contributed by atoms with Gasteiger partial charge in [0.15, 0.2) is 5.78 Å². The van der Waals surface area contributed by atoms with Crippen LogP contribution >= 0.6 is 15.9 Å². The molecule has 0 amide bonds. The molecule has 2 nitrogen and oxygen atoms in total. The number of methoxy groups -OCH3 is 1. The minimum absolute atomic E-state index is 0.101. The maximum Gasteiger partial charge on any atom is 0.167 e. The van der Waals surface area contributed by atoms with Crippen LogP contribution in [0.25, 0.3) is 0 Å². The zero-order valence-corrected chi connectivity index (χ0v) is 11.6. The number of ether oxygens (including phenoxy) is 1. The second kappa shape index (κ2) is 5.83. The highest BCUT2D eigenvalue weighted by atomic mass is 79.9. The van der Waals surface area contributed by atoms with Crippen LogP contribution in [0.2, 0.25) is 0 Å². The van der Waals surface area contributed by atoms with Gasteiger partial charge in [0.2, 0.25) is 0 Å². The molecular weight excluding hydrogens is 292 g/mol. The fourth-order valence-corrected chi connectivity index (χ4v) is 2.12. The summed E-state index contributed by atoms with van der Waals surface area (Å²) in [4.78, 5) is 12.1. The van der Waals surface area contributed by atoms with Gasteiger partial charge in [-0.25, -0.2) is 0 Å². The molecule has 0 saturated carbocycles. The lowest BCUT2D eigenvalue weighted by Crippen LogP contribution is -2.03. The molecule has 0 aliphatic heterocycles. The summed E-state index contributed by atoms with van der Waals surface area (Å²) in [5.41, 5.74) is 1.70. The molecule has 0 radical (unpaired) electrons. The van der Waals surface area contributed by atoms with Gasteiger partial charge < -0.3 is 4.74 Å². The zero-order chi connectivity index (χ0) is 13.0. The standard InChI is InChI=1S/C15H13BrO2/c1-18-13-8-6-11(7-9-13)15(17)10-12-4-2-3-5-14(12)16/h2-9H,10H2,1H3. The lowest BCUT2D eigenvalue weighted by Gasteiger charge is -2.05. The van der Waals surface area contributed by atoms with Crippen LogP contribution < -0.4 is 4.74 Å². The minimum atomic E-state index is 0.101. The van der Waals surface area contributed by atoms with E-state index in [2.05, 4.69) is 15.9 Å². The third-order valence-electron chi connectivity index (χ3n) is 2.72. The molecule has 0 saturated heterocycles. The van der Waals surface area contributed by atoms with Gasteiger partial charge in [-0.15, -0.1) is 0 Å². The van der Waals surface area contributed by atoms with Crippen molar-refractivity contribution in [1.29, 1.82) is 0 Å². The third kappa shape index (κ3) is 2.99. The number of rotatable bonds is 4. The summed E-state index contributed by atoms with van der Waals surface area (Å²) in [6.07, 6.45) is 0.397. The van der Waals surface area contributed by atoms with Crippen LogP contribution in [0.1, 0.15) is 15.9 Å². The van der Waals surface area contributed by atoms with Gasteiger partial charge in [-0.2, -0.15) is 0 Å². The van der Waals surface area contributed by atoms with E-state index in [0.29, 0.717) is 12.0 Å². The minimum Gasteiger partial charge on any atom is -0.497 e. The van der Waals surface area contributed by atoms with Crippen LogP contribution in [-0.4, -0.2) is 12.9 Å². The number of carbonyl (C=O) groups is 1. The maximum atomic E-state index is 12.1. The first kappa shape index (κ1) is 12.8. The van der Waals surface area contributed by atoms with E-state index in [4.69, 9.17) is 4.74 Å². The van der Waals surface area contributed by atoms with Crippen LogP contribution in [0.15, 0.2) is 53.0 Å². The van der Waals surface area contributed by atoms with Crippen molar-refractivity contribution in [3.05, 3.63) is 64.1 Å².